The van der Waals surface area contributed by atoms with Crippen molar-refractivity contribution in [3.63, 3.8) is 0 Å². The summed E-state index contributed by atoms with van der Waals surface area (Å²) >= 11 is 0. The number of hydrogen-bond donors (Lipinski definition) is 1. The molecular weight excluding hydrogens is 256 g/mol. The highest BCUT2D eigenvalue weighted by atomic mass is 16.3. The lowest BCUT2D eigenvalue weighted by Gasteiger charge is -2.58. The van der Waals surface area contributed by atoms with Gasteiger partial charge in [-0.15, -0.1) is 0 Å². The minimum atomic E-state index is -0.0314. The summed E-state index contributed by atoms with van der Waals surface area (Å²) in [6.45, 7) is 0. The van der Waals surface area contributed by atoms with Crippen LogP contribution < -0.4 is 0 Å². The summed E-state index contributed by atoms with van der Waals surface area (Å²) in [5.74, 6) is 4.01. The van der Waals surface area contributed by atoms with Gasteiger partial charge in [-0.1, -0.05) is 30.3 Å². The molecule has 21 heavy (non-hydrogen) atoms. The first-order chi connectivity index (χ1) is 10.2. The zero-order valence-electron chi connectivity index (χ0n) is 12.7. The van der Waals surface area contributed by atoms with Crippen molar-refractivity contribution < 1.29 is 5.11 Å². The molecular formula is C20H26O. The van der Waals surface area contributed by atoms with Gasteiger partial charge in [-0.2, -0.15) is 0 Å². The summed E-state index contributed by atoms with van der Waals surface area (Å²) in [7, 11) is 0. The smallest absolute Gasteiger partial charge is 0.0630 e. The van der Waals surface area contributed by atoms with Gasteiger partial charge in [0.05, 0.1) is 6.10 Å². The molecule has 0 spiro atoms. The fraction of sp³-hybridized carbons (Fsp3) is 0.700. The molecule has 0 heterocycles. The standard InChI is InChI=1S/C20H26O/c21-19(18-9-17(18)16-4-2-1-3-5-16)20-10-13-6-14(11-20)8-15(7-13)12-20/h1-5,13-15,17-19,21H,6-12H2. The Labute approximate surface area is 127 Å². The van der Waals surface area contributed by atoms with Gasteiger partial charge in [0, 0.05) is 0 Å². The molecule has 5 aliphatic carbocycles. The number of benzene rings is 1. The summed E-state index contributed by atoms with van der Waals surface area (Å²) < 4.78 is 0. The number of rotatable bonds is 3. The number of aliphatic hydroxyl groups is 1. The molecule has 1 nitrogen and oxygen atoms in total. The summed E-state index contributed by atoms with van der Waals surface area (Å²) in [5.41, 5.74) is 1.76. The van der Waals surface area contributed by atoms with Crippen LogP contribution in [0.4, 0.5) is 0 Å². The second-order valence-electron chi connectivity index (χ2n) is 8.64. The molecule has 6 rings (SSSR count). The Morgan fingerprint density at radius 2 is 1.43 bits per heavy atom. The summed E-state index contributed by atoms with van der Waals surface area (Å²) in [6, 6.07) is 10.9. The second-order valence-corrected chi connectivity index (χ2v) is 8.64. The van der Waals surface area contributed by atoms with Crippen molar-refractivity contribution in [2.75, 3.05) is 0 Å². The van der Waals surface area contributed by atoms with Crippen molar-refractivity contribution in [1.82, 2.24) is 0 Å². The van der Waals surface area contributed by atoms with Crippen LogP contribution in [0.3, 0.4) is 0 Å². The van der Waals surface area contributed by atoms with E-state index >= 15 is 0 Å². The third kappa shape index (κ3) is 1.93. The van der Waals surface area contributed by atoms with E-state index in [0.717, 1.165) is 17.8 Å². The van der Waals surface area contributed by atoms with Gasteiger partial charge < -0.3 is 5.11 Å². The van der Waals surface area contributed by atoms with E-state index < -0.39 is 0 Å². The Bertz CT molecular complexity index is 499. The molecule has 4 bridgehead atoms. The predicted molar refractivity (Wildman–Crippen MR) is 83.9 cm³/mol. The van der Waals surface area contributed by atoms with E-state index in [0.29, 0.717) is 17.3 Å². The van der Waals surface area contributed by atoms with Crippen LogP contribution in [-0.4, -0.2) is 11.2 Å². The highest BCUT2D eigenvalue weighted by molar-refractivity contribution is 5.27. The molecule has 5 fully saturated rings. The molecule has 5 aliphatic rings. The van der Waals surface area contributed by atoms with E-state index in [4.69, 9.17) is 0 Å². The van der Waals surface area contributed by atoms with Crippen molar-refractivity contribution in [3.8, 4) is 0 Å². The highest BCUT2D eigenvalue weighted by Gasteiger charge is 2.58. The summed E-state index contributed by atoms with van der Waals surface area (Å²) in [6.07, 6.45) is 9.59. The largest absolute Gasteiger partial charge is 0.392 e. The highest BCUT2D eigenvalue weighted by Crippen LogP contribution is 2.65. The van der Waals surface area contributed by atoms with Gasteiger partial charge in [-0.05, 0) is 85.5 Å². The maximum Gasteiger partial charge on any atom is 0.0630 e. The van der Waals surface area contributed by atoms with Crippen LogP contribution in [0.2, 0.25) is 0 Å². The fourth-order valence-corrected chi connectivity index (χ4v) is 6.64. The quantitative estimate of drug-likeness (QED) is 0.873. The number of hydrogen-bond acceptors (Lipinski definition) is 1. The second kappa shape index (κ2) is 4.35. The van der Waals surface area contributed by atoms with Gasteiger partial charge in [0.15, 0.2) is 0 Å². The van der Waals surface area contributed by atoms with Crippen LogP contribution in [0, 0.1) is 29.1 Å². The average Bonchev–Trinajstić information content (AvgIpc) is 3.26. The Morgan fingerprint density at radius 1 is 0.857 bits per heavy atom. The van der Waals surface area contributed by atoms with Crippen molar-refractivity contribution in [2.24, 2.45) is 29.1 Å². The van der Waals surface area contributed by atoms with E-state index in [1.807, 2.05) is 0 Å². The summed E-state index contributed by atoms with van der Waals surface area (Å²) in [4.78, 5) is 0. The minimum Gasteiger partial charge on any atom is -0.392 e. The lowest BCUT2D eigenvalue weighted by Crippen LogP contribution is -2.52. The Balaban J connectivity index is 1.37. The predicted octanol–water partition coefficient (Wildman–Crippen LogP) is 4.37. The maximum absolute atomic E-state index is 11.2. The topological polar surface area (TPSA) is 20.2 Å². The molecule has 0 aromatic heterocycles. The minimum absolute atomic E-state index is 0.0314. The SMILES string of the molecule is OC(C1CC1c1ccccc1)C12CC3CC(CC(C3)C1)C2. The molecule has 1 heteroatoms. The fourth-order valence-electron chi connectivity index (χ4n) is 6.64. The van der Waals surface area contributed by atoms with Crippen LogP contribution in [0.25, 0.3) is 0 Å². The molecule has 1 aromatic rings. The van der Waals surface area contributed by atoms with Crippen LogP contribution in [0.15, 0.2) is 30.3 Å². The van der Waals surface area contributed by atoms with Crippen LogP contribution in [0.1, 0.15) is 56.4 Å². The van der Waals surface area contributed by atoms with E-state index in [-0.39, 0.29) is 6.10 Å². The first-order valence-corrected chi connectivity index (χ1v) is 8.96. The van der Waals surface area contributed by atoms with E-state index in [1.165, 1.54) is 50.5 Å². The van der Waals surface area contributed by atoms with Gasteiger partial charge in [-0.3, -0.25) is 0 Å². The molecule has 0 aliphatic heterocycles. The molecule has 5 saturated carbocycles. The lowest BCUT2D eigenvalue weighted by atomic mass is 9.47. The zero-order chi connectivity index (χ0) is 14.0. The molecule has 3 atom stereocenters. The third-order valence-corrected chi connectivity index (χ3v) is 7.19. The van der Waals surface area contributed by atoms with Gasteiger partial charge in [0.2, 0.25) is 0 Å². The first-order valence-electron chi connectivity index (χ1n) is 8.96. The maximum atomic E-state index is 11.2. The molecule has 0 radical (unpaired) electrons. The molecule has 0 saturated heterocycles. The Kier molecular flexibility index (Phi) is 2.63. The van der Waals surface area contributed by atoms with Crippen molar-refractivity contribution >= 4 is 0 Å². The van der Waals surface area contributed by atoms with Crippen LogP contribution >= 0.6 is 0 Å². The number of aliphatic hydroxyl groups excluding tert-OH is 1. The molecule has 0 amide bonds. The Morgan fingerprint density at radius 3 is 2.00 bits per heavy atom. The lowest BCUT2D eigenvalue weighted by molar-refractivity contribution is -0.127. The zero-order valence-corrected chi connectivity index (χ0v) is 12.7. The monoisotopic (exact) mass is 282 g/mol. The van der Waals surface area contributed by atoms with Crippen molar-refractivity contribution in [2.45, 2.75) is 57.0 Å². The third-order valence-electron chi connectivity index (χ3n) is 7.19. The normalized spacial score (nSPS) is 48.3. The van der Waals surface area contributed by atoms with Gasteiger partial charge in [-0.25, -0.2) is 0 Å². The molecule has 3 unspecified atom stereocenters. The first kappa shape index (κ1) is 12.7. The van der Waals surface area contributed by atoms with Crippen molar-refractivity contribution in [1.29, 1.82) is 0 Å². The van der Waals surface area contributed by atoms with Gasteiger partial charge in [0.1, 0.15) is 0 Å². The molecule has 1 N–H and O–H groups in total. The summed E-state index contributed by atoms with van der Waals surface area (Å²) in [5, 5.41) is 11.2. The van der Waals surface area contributed by atoms with E-state index in [9.17, 15) is 5.11 Å². The molecule has 112 valence electrons. The van der Waals surface area contributed by atoms with Crippen LogP contribution in [-0.2, 0) is 0 Å². The van der Waals surface area contributed by atoms with Crippen LogP contribution in [0.5, 0.6) is 0 Å². The van der Waals surface area contributed by atoms with E-state index in [1.54, 1.807) is 0 Å². The van der Waals surface area contributed by atoms with Crippen molar-refractivity contribution in [3.05, 3.63) is 35.9 Å². The van der Waals surface area contributed by atoms with E-state index in [2.05, 4.69) is 30.3 Å². The van der Waals surface area contributed by atoms with Gasteiger partial charge >= 0.3 is 0 Å². The van der Waals surface area contributed by atoms with Gasteiger partial charge in [0.25, 0.3) is 0 Å². The molecule has 1 aromatic carbocycles. The Hall–Kier alpha value is -0.820. The average molecular weight is 282 g/mol.